The molecular formula is C25H28BrN3O3. The zero-order chi connectivity index (χ0) is 23.3. The summed E-state index contributed by atoms with van der Waals surface area (Å²) in [5.41, 5.74) is 5.77. The van der Waals surface area contributed by atoms with E-state index in [-0.39, 0.29) is 12.0 Å². The van der Waals surface area contributed by atoms with E-state index in [1.807, 2.05) is 69.3 Å². The number of hydrogen-bond acceptors (Lipinski definition) is 3. The van der Waals surface area contributed by atoms with Gasteiger partial charge in [-0.05, 0) is 63.1 Å². The Balaban J connectivity index is 1.87. The maximum atomic E-state index is 13.2. The number of rotatable bonds is 7. The summed E-state index contributed by atoms with van der Waals surface area (Å²) in [7, 11) is 0. The third-order valence-electron chi connectivity index (χ3n) is 5.25. The van der Waals surface area contributed by atoms with E-state index in [1.165, 1.54) is 0 Å². The molecule has 0 atom stereocenters. The topological polar surface area (TPSA) is 74.4 Å². The molecule has 1 aromatic heterocycles. The number of anilines is 1. The number of halogens is 1. The molecule has 0 saturated carbocycles. The molecule has 0 saturated heterocycles. The molecule has 0 bridgehead atoms. The first-order valence-electron chi connectivity index (χ1n) is 10.5. The van der Waals surface area contributed by atoms with E-state index in [2.05, 4.69) is 26.2 Å². The van der Waals surface area contributed by atoms with Crippen molar-refractivity contribution >= 4 is 33.6 Å². The van der Waals surface area contributed by atoms with Crippen LogP contribution >= 0.6 is 15.9 Å². The molecule has 1 heterocycles. The molecular weight excluding hydrogens is 470 g/mol. The number of benzene rings is 2. The van der Waals surface area contributed by atoms with E-state index in [0.717, 1.165) is 32.6 Å². The molecule has 0 unspecified atom stereocenters. The van der Waals surface area contributed by atoms with Crippen molar-refractivity contribution in [2.45, 2.75) is 40.8 Å². The highest BCUT2D eigenvalue weighted by Gasteiger charge is 2.22. The fourth-order valence-electron chi connectivity index (χ4n) is 3.52. The van der Waals surface area contributed by atoms with Crippen LogP contribution in [-0.4, -0.2) is 28.5 Å². The maximum Gasteiger partial charge on any atom is 0.340 e. The average Bonchev–Trinajstić information content (AvgIpc) is 3.04. The van der Waals surface area contributed by atoms with Gasteiger partial charge in [0.1, 0.15) is 0 Å². The van der Waals surface area contributed by atoms with Crippen LogP contribution in [0.2, 0.25) is 0 Å². The molecule has 0 aliphatic rings. The Morgan fingerprint density at radius 1 is 1.00 bits per heavy atom. The third-order valence-corrected chi connectivity index (χ3v) is 5.77. The van der Waals surface area contributed by atoms with Gasteiger partial charge in [0.05, 0.1) is 18.7 Å². The molecule has 32 heavy (non-hydrogen) atoms. The summed E-state index contributed by atoms with van der Waals surface area (Å²) in [5, 5.41) is 2.97. The highest BCUT2D eigenvalue weighted by molar-refractivity contribution is 9.10. The number of aryl methyl sites for hydroxylation is 2. The van der Waals surface area contributed by atoms with Gasteiger partial charge in [-0.1, -0.05) is 45.8 Å². The molecule has 3 rings (SSSR count). The van der Waals surface area contributed by atoms with E-state index in [1.54, 1.807) is 11.8 Å². The van der Waals surface area contributed by atoms with Crippen LogP contribution in [0.3, 0.4) is 0 Å². The maximum absolute atomic E-state index is 13.2. The number of amides is 2. The summed E-state index contributed by atoms with van der Waals surface area (Å²) in [6.07, 6.45) is 0. The summed E-state index contributed by atoms with van der Waals surface area (Å²) in [4.78, 5) is 30.6. The largest absolute Gasteiger partial charge is 0.462 e. The highest BCUT2D eigenvalue weighted by atomic mass is 79.9. The van der Waals surface area contributed by atoms with Crippen molar-refractivity contribution in [1.29, 1.82) is 0 Å². The monoisotopic (exact) mass is 497 g/mol. The first kappa shape index (κ1) is 23.6. The molecule has 0 radical (unpaired) electrons. The minimum absolute atomic E-state index is 0.225. The Bertz CT molecular complexity index is 1090. The number of carbonyl (C=O) groups is 2. The Morgan fingerprint density at radius 3 is 2.28 bits per heavy atom. The molecule has 0 aliphatic carbocycles. The second-order valence-corrected chi connectivity index (χ2v) is 8.64. The van der Waals surface area contributed by atoms with Crippen molar-refractivity contribution in [3.8, 4) is 0 Å². The number of aromatic nitrogens is 1. The van der Waals surface area contributed by atoms with E-state index in [0.29, 0.717) is 30.9 Å². The highest BCUT2D eigenvalue weighted by Crippen LogP contribution is 2.22. The second-order valence-electron chi connectivity index (χ2n) is 7.73. The Kier molecular flexibility index (Phi) is 7.75. The molecule has 2 N–H and O–H groups in total. The Hall–Kier alpha value is -3.06. The van der Waals surface area contributed by atoms with Crippen LogP contribution in [0.15, 0.2) is 53.0 Å². The summed E-state index contributed by atoms with van der Waals surface area (Å²) in [6, 6.07) is 15.3. The van der Waals surface area contributed by atoms with Crippen molar-refractivity contribution in [3.05, 3.63) is 86.6 Å². The summed E-state index contributed by atoms with van der Waals surface area (Å²) in [5.74, 6) is -0.352. The van der Waals surface area contributed by atoms with Crippen LogP contribution in [0.1, 0.15) is 45.4 Å². The van der Waals surface area contributed by atoms with Crippen LogP contribution in [-0.2, 0) is 17.8 Å². The van der Waals surface area contributed by atoms with Gasteiger partial charge in [0, 0.05) is 28.1 Å². The Labute approximate surface area is 197 Å². The van der Waals surface area contributed by atoms with E-state index in [4.69, 9.17) is 4.74 Å². The first-order valence-corrected chi connectivity index (χ1v) is 11.3. The number of ether oxygens (including phenoxy) is 1. The minimum atomic E-state index is -0.352. The number of esters is 1. The first-order chi connectivity index (χ1) is 15.3. The molecule has 168 valence electrons. The average molecular weight is 498 g/mol. The lowest BCUT2D eigenvalue weighted by Gasteiger charge is -2.23. The van der Waals surface area contributed by atoms with Crippen LogP contribution in [0.25, 0.3) is 0 Å². The van der Waals surface area contributed by atoms with Gasteiger partial charge in [0.2, 0.25) is 0 Å². The van der Waals surface area contributed by atoms with Crippen molar-refractivity contribution in [1.82, 2.24) is 9.88 Å². The van der Waals surface area contributed by atoms with E-state index in [9.17, 15) is 9.59 Å². The quantitative estimate of drug-likeness (QED) is 0.386. The number of nitrogens with zero attached hydrogens (tertiary/aromatic N) is 1. The van der Waals surface area contributed by atoms with Crippen LogP contribution < -0.4 is 5.32 Å². The van der Waals surface area contributed by atoms with Crippen LogP contribution in [0.5, 0.6) is 0 Å². The van der Waals surface area contributed by atoms with Crippen molar-refractivity contribution in [3.63, 3.8) is 0 Å². The molecule has 7 heteroatoms. The lowest BCUT2D eigenvalue weighted by atomic mass is 10.1. The summed E-state index contributed by atoms with van der Waals surface area (Å²) in [6.45, 7) is 8.59. The number of H-pyrrole nitrogens is 1. The predicted octanol–water partition coefficient (Wildman–Crippen LogP) is 6.11. The Morgan fingerprint density at radius 2 is 1.66 bits per heavy atom. The van der Waals surface area contributed by atoms with Gasteiger partial charge in [-0.3, -0.25) is 0 Å². The minimum Gasteiger partial charge on any atom is -0.462 e. The number of nitrogens with one attached hydrogen (secondary N) is 2. The van der Waals surface area contributed by atoms with Gasteiger partial charge >= 0.3 is 12.0 Å². The zero-order valence-electron chi connectivity index (χ0n) is 18.8. The second kappa shape index (κ2) is 10.5. The lowest BCUT2D eigenvalue weighted by Crippen LogP contribution is -2.34. The molecule has 2 amide bonds. The third kappa shape index (κ3) is 5.79. The van der Waals surface area contributed by atoms with Gasteiger partial charge < -0.3 is 19.9 Å². The number of hydrogen-bond donors (Lipinski definition) is 2. The van der Waals surface area contributed by atoms with E-state index < -0.39 is 0 Å². The zero-order valence-corrected chi connectivity index (χ0v) is 20.4. The molecule has 2 aromatic carbocycles. The standard InChI is InChI=1S/C25H28BrN3O3/c1-5-32-24(30)23-17(3)22(27-18(23)4)15-29(14-19-8-6-16(2)7-9-19)25(31)28-21-12-10-20(26)11-13-21/h6-13,27H,5,14-15H2,1-4H3,(H,28,31). The molecule has 0 aliphatic heterocycles. The fourth-order valence-corrected chi connectivity index (χ4v) is 3.79. The van der Waals surface area contributed by atoms with Gasteiger partial charge in [-0.15, -0.1) is 0 Å². The van der Waals surface area contributed by atoms with Crippen molar-refractivity contribution in [2.24, 2.45) is 0 Å². The van der Waals surface area contributed by atoms with Crippen LogP contribution in [0.4, 0.5) is 10.5 Å². The summed E-state index contributed by atoms with van der Waals surface area (Å²) < 4.78 is 6.14. The SMILES string of the molecule is CCOC(=O)c1c(C)[nH]c(CN(Cc2ccc(C)cc2)C(=O)Nc2ccc(Br)cc2)c1C. The molecule has 3 aromatic rings. The van der Waals surface area contributed by atoms with Gasteiger partial charge in [-0.25, -0.2) is 9.59 Å². The van der Waals surface area contributed by atoms with Crippen molar-refractivity contribution < 1.29 is 14.3 Å². The van der Waals surface area contributed by atoms with E-state index >= 15 is 0 Å². The van der Waals surface area contributed by atoms with Gasteiger partial charge in [-0.2, -0.15) is 0 Å². The lowest BCUT2D eigenvalue weighted by molar-refractivity contribution is 0.0525. The predicted molar refractivity (Wildman–Crippen MR) is 130 cm³/mol. The number of aromatic amines is 1. The van der Waals surface area contributed by atoms with Crippen LogP contribution in [0, 0.1) is 20.8 Å². The molecule has 0 fully saturated rings. The molecule has 6 nitrogen and oxygen atoms in total. The number of urea groups is 1. The molecule has 0 spiro atoms. The fraction of sp³-hybridized carbons (Fsp3) is 0.280. The van der Waals surface area contributed by atoms with Gasteiger partial charge in [0.15, 0.2) is 0 Å². The normalized spacial score (nSPS) is 10.7. The number of carbonyl (C=O) groups excluding carboxylic acids is 2. The van der Waals surface area contributed by atoms with Crippen molar-refractivity contribution in [2.75, 3.05) is 11.9 Å². The summed E-state index contributed by atoms with van der Waals surface area (Å²) >= 11 is 3.41. The smallest absolute Gasteiger partial charge is 0.340 e. The van der Waals surface area contributed by atoms with Gasteiger partial charge in [0.25, 0.3) is 0 Å².